The Kier molecular flexibility index (Phi) is 6.44. The lowest BCUT2D eigenvalue weighted by atomic mass is 9.95. The quantitative estimate of drug-likeness (QED) is 0.563. The van der Waals surface area contributed by atoms with Crippen LogP contribution < -0.4 is 0 Å². The van der Waals surface area contributed by atoms with Gasteiger partial charge in [-0.3, -0.25) is 0 Å². The molecular weight excluding hydrogens is 372 g/mol. The van der Waals surface area contributed by atoms with Gasteiger partial charge in [-0.05, 0) is 92.0 Å². The fourth-order valence-electron chi connectivity index (χ4n) is 4.19. The molecule has 27 heavy (non-hydrogen) atoms. The molecule has 2 aliphatic rings. The van der Waals surface area contributed by atoms with E-state index in [1.54, 1.807) is 0 Å². The number of halogens is 1. The summed E-state index contributed by atoms with van der Waals surface area (Å²) in [6.07, 6.45) is 5.39. The van der Waals surface area contributed by atoms with Crippen LogP contribution in [0.4, 0.5) is 0 Å². The van der Waals surface area contributed by atoms with Crippen molar-refractivity contribution in [2.45, 2.75) is 43.5 Å². The predicted molar refractivity (Wildman–Crippen MR) is 117 cm³/mol. The molecule has 0 aliphatic carbocycles. The summed E-state index contributed by atoms with van der Waals surface area (Å²) in [4.78, 5) is 4.08. The predicted octanol–water partition coefficient (Wildman–Crippen LogP) is 6.21. The van der Waals surface area contributed by atoms with Gasteiger partial charge in [-0.2, -0.15) is 0 Å². The molecule has 0 atom stereocenters. The van der Waals surface area contributed by atoms with E-state index in [0.717, 1.165) is 17.0 Å². The van der Waals surface area contributed by atoms with E-state index in [0.29, 0.717) is 0 Å². The first-order valence-electron chi connectivity index (χ1n) is 10.2. The minimum Gasteiger partial charge on any atom is -0.300 e. The summed E-state index contributed by atoms with van der Waals surface area (Å²) in [5.41, 5.74) is 2.46. The molecule has 2 heterocycles. The van der Waals surface area contributed by atoms with Gasteiger partial charge in [0.25, 0.3) is 0 Å². The Hall–Kier alpha value is -1.00. The van der Waals surface area contributed by atoms with Gasteiger partial charge in [0.1, 0.15) is 0 Å². The van der Waals surface area contributed by atoms with Crippen LogP contribution in [0.3, 0.4) is 0 Å². The van der Waals surface area contributed by atoms with Crippen LogP contribution >= 0.6 is 23.5 Å². The molecule has 0 amide bonds. The molecule has 2 saturated heterocycles. The molecule has 0 bridgehead atoms. The van der Waals surface area contributed by atoms with Gasteiger partial charge in [0.05, 0.1) is 0 Å². The van der Waals surface area contributed by atoms with Crippen molar-refractivity contribution < 1.29 is 0 Å². The van der Waals surface area contributed by atoms with Gasteiger partial charge in [0.2, 0.25) is 0 Å². The fourth-order valence-corrected chi connectivity index (χ4v) is 5.27. The molecule has 2 aromatic carbocycles. The number of likely N-dealkylation sites (tertiary alicyclic amines) is 1. The van der Waals surface area contributed by atoms with E-state index in [-0.39, 0.29) is 0 Å². The van der Waals surface area contributed by atoms with Crippen molar-refractivity contribution in [3.8, 4) is 11.1 Å². The van der Waals surface area contributed by atoms with Crippen LogP contribution in [0.2, 0.25) is 5.02 Å². The van der Waals surface area contributed by atoms with Crippen LogP contribution in [-0.4, -0.2) is 41.4 Å². The molecule has 2 aliphatic heterocycles. The highest BCUT2D eigenvalue weighted by molar-refractivity contribution is 7.97. The third kappa shape index (κ3) is 5.08. The van der Waals surface area contributed by atoms with E-state index in [1.807, 2.05) is 24.1 Å². The van der Waals surface area contributed by atoms with Crippen LogP contribution in [0.15, 0.2) is 53.4 Å². The van der Waals surface area contributed by atoms with Crippen LogP contribution in [0.25, 0.3) is 11.1 Å². The fraction of sp³-hybridized carbons (Fsp3) is 0.478. The third-order valence-electron chi connectivity index (χ3n) is 6.02. The van der Waals surface area contributed by atoms with Crippen molar-refractivity contribution in [3.63, 3.8) is 0 Å². The monoisotopic (exact) mass is 400 g/mol. The van der Waals surface area contributed by atoms with Gasteiger partial charge in [-0.15, -0.1) is 0 Å². The van der Waals surface area contributed by atoms with Gasteiger partial charge in [0, 0.05) is 29.0 Å². The maximum Gasteiger partial charge on any atom is 0.0406 e. The lowest BCUT2D eigenvalue weighted by molar-refractivity contribution is 0.103. The van der Waals surface area contributed by atoms with Crippen LogP contribution in [0.1, 0.15) is 32.6 Å². The summed E-state index contributed by atoms with van der Waals surface area (Å²) >= 11 is 7.90. The highest BCUT2D eigenvalue weighted by Gasteiger charge is 2.27. The summed E-state index contributed by atoms with van der Waals surface area (Å²) in [5, 5.41) is 0.786. The Morgan fingerprint density at radius 2 is 1.33 bits per heavy atom. The second-order valence-corrected chi connectivity index (χ2v) is 9.61. The molecule has 4 heteroatoms. The molecule has 2 aromatic rings. The number of hydrogen-bond donors (Lipinski definition) is 0. The summed E-state index contributed by atoms with van der Waals surface area (Å²) in [7, 11) is 0. The van der Waals surface area contributed by atoms with Gasteiger partial charge < -0.3 is 4.90 Å². The van der Waals surface area contributed by atoms with Crippen LogP contribution in [0, 0.1) is 5.92 Å². The maximum atomic E-state index is 5.99. The average molecular weight is 401 g/mol. The van der Waals surface area contributed by atoms with Crippen molar-refractivity contribution in [3.05, 3.63) is 53.6 Å². The first-order chi connectivity index (χ1) is 13.2. The van der Waals surface area contributed by atoms with Crippen molar-refractivity contribution in [2.75, 3.05) is 26.2 Å². The van der Waals surface area contributed by atoms with E-state index >= 15 is 0 Å². The molecule has 0 saturated carbocycles. The minimum absolute atomic E-state index is 0.786. The molecule has 0 aromatic heterocycles. The summed E-state index contributed by atoms with van der Waals surface area (Å²) in [6, 6.07) is 17.8. The Bertz CT molecular complexity index is 715. The number of hydrogen-bond acceptors (Lipinski definition) is 3. The molecule has 144 valence electrons. The number of nitrogens with zero attached hydrogens (tertiary/aromatic N) is 2. The molecule has 0 N–H and O–H groups in total. The molecule has 4 rings (SSSR count). The van der Waals surface area contributed by atoms with E-state index in [4.69, 9.17) is 11.6 Å². The molecule has 2 nitrogen and oxygen atoms in total. The van der Waals surface area contributed by atoms with Gasteiger partial charge in [0.15, 0.2) is 0 Å². The SMILES string of the molecule is CC1CCN(C2CCN(Sc3ccc(-c4ccc(Cl)cc4)cc3)CC2)CC1. The average Bonchev–Trinajstić information content (AvgIpc) is 2.71. The van der Waals surface area contributed by atoms with E-state index in [2.05, 4.69) is 52.5 Å². The lowest BCUT2D eigenvalue weighted by Crippen LogP contribution is -2.46. The zero-order valence-electron chi connectivity index (χ0n) is 16.1. The first-order valence-corrected chi connectivity index (χ1v) is 11.4. The Morgan fingerprint density at radius 1 is 0.778 bits per heavy atom. The molecule has 2 fully saturated rings. The molecule has 0 spiro atoms. The molecular formula is C23H29ClN2S. The number of benzene rings is 2. The zero-order valence-corrected chi connectivity index (χ0v) is 17.7. The van der Waals surface area contributed by atoms with Crippen molar-refractivity contribution in [1.82, 2.24) is 9.21 Å². The first kappa shape index (κ1) is 19.3. The van der Waals surface area contributed by atoms with Crippen molar-refractivity contribution in [2.24, 2.45) is 5.92 Å². The molecule has 0 unspecified atom stereocenters. The highest BCUT2D eigenvalue weighted by Crippen LogP contribution is 2.31. The van der Waals surface area contributed by atoms with Gasteiger partial charge >= 0.3 is 0 Å². The second kappa shape index (κ2) is 9.00. The van der Waals surface area contributed by atoms with E-state index < -0.39 is 0 Å². The largest absolute Gasteiger partial charge is 0.300 e. The Morgan fingerprint density at radius 3 is 1.93 bits per heavy atom. The van der Waals surface area contributed by atoms with Gasteiger partial charge in [-0.1, -0.05) is 42.8 Å². The van der Waals surface area contributed by atoms with Crippen molar-refractivity contribution in [1.29, 1.82) is 0 Å². The molecule has 0 radical (unpaired) electrons. The zero-order chi connectivity index (χ0) is 18.6. The Balaban J connectivity index is 1.28. The normalized spacial score (nSPS) is 20.8. The summed E-state index contributed by atoms with van der Waals surface area (Å²) < 4.78 is 2.54. The Labute approximate surface area is 173 Å². The van der Waals surface area contributed by atoms with Crippen molar-refractivity contribution >= 4 is 23.5 Å². The highest BCUT2D eigenvalue weighted by atomic mass is 35.5. The smallest absolute Gasteiger partial charge is 0.0406 e. The third-order valence-corrected chi connectivity index (χ3v) is 7.38. The topological polar surface area (TPSA) is 6.48 Å². The lowest BCUT2D eigenvalue weighted by Gasteiger charge is -2.41. The maximum absolute atomic E-state index is 5.99. The summed E-state index contributed by atoms with van der Waals surface area (Å²) in [6.45, 7) is 7.41. The van der Waals surface area contributed by atoms with E-state index in [9.17, 15) is 0 Å². The second-order valence-electron chi connectivity index (χ2n) is 8.00. The standard InChI is InChI=1S/C23H29ClN2S/c1-18-10-14-25(15-11-18)22-12-16-26(17-13-22)27-23-8-4-20(5-9-23)19-2-6-21(24)7-3-19/h2-9,18,22H,10-17H2,1H3. The van der Waals surface area contributed by atoms with Crippen LogP contribution in [0.5, 0.6) is 0 Å². The van der Waals surface area contributed by atoms with Crippen LogP contribution in [-0.2, 0) is 0 Å². The number of rotatable bonds is 4. The summed E-state index contributed by atoms with van der Waals surface area (Å²) in [5.74, 6) is 0.924. The number of piperidine rings is 2. The minimum atomic E-state index is 0.786. The van der Waals surface area contributed by atoms with Gasteiger partial charge in [-0.25, -0.2) is 4.31 Å². The van der Waals surface area contributed by atoms with E-state index in [1.165, 1.54) is 67.9 Å².